The zero-order valence-electron chi connectivity index (χ0n) is 13.9. The Balaban J connectivity index is 1.26. The van der Waals surface area contributed by atoms with Crippen LogP contribution < -0.4 is 4.90 Å². The number of nitrogens with zero attached hydrogens (tertiary/aromatic N) is 5. The molecule has 0 atom stereocenters. The van der Waals surface area contributed by atoms with Gasteiger partial charge in [0.1, 0.15) is 17.0 Å². The number of rotatable bonds is 4. The van der Waals surface area contributed by atoms with Crippen LogP contribution in [0.1, 0.15) is 11.8 Å². The van der Waals surface area contributed by atoms with E-state index in [9.17, 15) is 0 Å². The van der Waals surface area contributed by atoms with Crippen molar-refractivity contribution in [2.24, 2.45) is 10.4 Å². The second kappa shape index (κ2) is 5.36. The highest BCUT2D eigenvalue weighted by molar-refractivity contribution is 7.18. The fraction of sp³-hybridized carbons (Fsp3) is 0.500. The highest BCUT2D eigenvalue weighted by Gasteiger charge is 2.52. The van der Waals surface area contributed by atoms with Crippen LogP contribution in [0.2, 0.25) is 0 Å². The number of thiophene rings is 1. The fourth-order valence-corrected chi connectivity index (χ4v) is 5.12. The van der Waals surface area contributed by atoms with Gasteiger partial charge in [0.05, 0.1) is 11.9 Å². The van der Waals surface area contributed by atoms with Crippen molar-refractivity contribution in [3.8, 4) is 0 Å². The van der Waals surface area contributed by atoms with Gasteiger partial charge in [-0.1, -0.05) is 13.0 Å². The Hall–Kier alpha value is -1.79. The molecule has 0 bridgehead atoms. The molecule has 0 amide bonds. The standard InChI is InChI=1S/C18H21N5S/c1-2-14-6-15-16(20-12-21-17(15)24-14)23-10-18(11-23)8-22(9-18)7-13-4-3-5-19-13/h3-4,6,12H,2,5,7-11H2,1H3. The average Bonchev–Trinajstić information content (AvgIpc) is 3.16. The van der Waals surface area contributed by atoms with Crippen LogP contribution in [0, 0.1) is 5.41 Å². The minimum Gasteiger partial charge on any atom is -0.355 e. The molecule has 0 radical (unpaired) electrons. The largest absolute Gasteiger partial charge is 0.355 e. The van der Waals surface area contributed by atoms with Crippen molar-refractivity contribution >= 4 is 33.1 Å². The van der Waals surface area contributed by atoms with Crippen molar-refractivity contribution in [1.82, 2.24) is 14.9 Å². The molecule has 0 N–H and O–H groups in total. The molecular weight excluding hydrogens is 318 g/mol. The van der Waals surface area contributed by atoms with E-state index in [0.29, 0.717) is 5.41 Å². The molecule has 2 saturated heterocycles. The van der Waals surface area contributed by atoms with E-state index in [0.717, 1.165) is 43.2 Å². The molecule has 0 aromatic carbocycles. The maximum atomic E-state index is 4.58. The van der Waals surface area contributed by atoms with E-state index in [2.05, 4.69) is 49.9 Å². The van der Waals surface area contributed by atoms with Gasteiger partial charge in [-0.25, -0.2) is 9.97 Å². The zero-order valence-corrected chi connectivity index (χ0v) is 14.7. The van der Waals surface area contributed by atoms with E-state index >= 15 is 0 Å². The quantitative estimate of drug-likeness (QED) is 0.858. The fourth-order valence-electron chi connectivity index (χ4n) is 4.19. The third-order valence-corrected chi connectivity index (χ3v) is 6.46. The van der Waals surface area contributed by atoms with Crippen LogP contribution in [-0.4, -0.2) is 59.8 Å². The lowest BCUT2D eigenvalue weighted by molar-refractivity contribution is -0.0106. The Bertz CT molecular complexity index is 838. The number of aromatic nitrogens is 2. The maximum Gasteiger partial charge on any atom is 0.140 e. The molecule has 5 nitrogen and oxygen atoms in total. The second-order valence-electron chi connectivity index (χ2n) is 7.22. The van der Waals surface area contributed by atoms with Crippen molar-refractivity contribution in [2.75, 3.05) is 44.2 Å². The Morgan fingerprint density at radius 3 is 2.83 bits per heavy atom. The van der Waals surface area contributed by atoms with Crippen LogP contribution in [0.15, 0.2) is 29.5 Å². The average molecular weight is 339 g/mol. The first-order chi connectivity index (χ1) is 11.7. The molecule has 0 unspecified atom stereocenters. The molecule has 2 aromatic heterocycles. The third kappa shape index (κ3) is 2.28. The first-order valence-corrected chi connectivity index (χ1v) is 9.47. The molecule has 5 heterocycles. The lowest BCUT2D eigenvalue weighted by Crippen LogP contribution is -2.72. The third-order valence-electron chi connectivity index (χ3n) is 5.27. The molecule has 124 valence electrons. The minimum absolute atomic E-state index is 0.476. The first-order valence-electron chi connectivity index (χ1n) is 8.65. The molecule has 24 heavy (non-hydrogen) atoms. The molecule has 5 rings (SSSR count). The molecule has 1 spiro atoms. The van der Waals surface area contributed by atoms with E-state index < -0.39 is 0 Å². The van der Waals surface area contributed by atoms with Gasteiger partial charge in [-0.3, -0.25) is 9.89 Å². The van der Waals surface area contributed by atoms with Crippen LogP contribution in [-0.2, 0) is 6.42 Å². The van der Waals surface area contributed by atoms with E-state index in [1.165, 1.54) is 29.1 Å². The van der Waals surface area contributed by atoms with Crippen molar-refractivity contribution in [2.45, 2.75) is 13.3 Å². The summed E-state index contributed by atoms with van der Waals surface area (Å²) in [5, 5.41) is 1.23. The Morgan fingerprint density at radius 2 is 2.08 bits per heavy atom. The molecule has 0 saturated carbocycles. The summed E-state index contributed by atoms with van der Waals surface area (Å²) >= 11 is 1.80. The lowest BCUT2D eigenvalue weighted by Gasteiger charge is -2.60. The number of hydrogen-bond donors (Lipinski definition) is 0. The Labute approximate surface area is 145 Å². The van der Waals surface area contributed by atoms with E-state index in [-0.39, 0.29) is 0 Å². The summed E-state index contributed by atoms with van der Waals surface area (Å²) in [5.74, 6) is 1.13. The molecule has 3 aliphatic rings. The molecule has 2 fully saturated rings. The van der Waals surface area contributed by atoms with Crippen LogP contribution in [0.3, 0.4) is 0 Å². The predicted molar refractivity (Wildman–Crippen MR) is 99.3 cm³/mol. The van der Waals surface area contributed by atoms with Gasteiger partial charge in [0.25, 0.3) is 0 Å². The van der Waals surface area contributed by atoms with Crippen molar-refractivity contribution in [3.05, 3.63) is 29.4 Å². The van der Waals surface area contributed by atoms with E-state index in [1.807, 2.05) is 0 Å². The summed E-state index contributed by atoms with van der Waals surface area (Å²) in [5.41, 5.74) is 1.72. The molecular formula is C18H21N5S. The first kappa shape index (κ1) is 14.5. The van der Waals surface area contributed by atoms with Gasteiger partial charge in [0.15, 0.2) is 0 Å². The lowest BCUT2D eigenvalue weighted by atomic mass is 9.72. The maximum absolute atomic E-state index is 4.58. The van der Waals surface area contributed by atoms with Gasteiger partial charge in [0, 0.05) is 48.7 Å². The number of likely N-dealkylation sites (tertiary alicyclic amines) is 1. The van der Waals surface area contributed by atoms with E-state index in [1.54, 1.807) is 17.7 Å². The van der Waals surface area contributed by atoms with Crippen molar-refractivity contribution < 1.29 is 0 Å². The van der Waals surface area contributed by atoms with Crippen molar-refractivity contribution in [1.29, 1.82) is 0 Å². The van der Waals surface area contributed by atoms with Gasteiger partial charge in [-0.15, -0.1) is 11.3 Å². The number of aryl methyl sites for hydroxylation is 1. The van der Waals surface area contributed by atoms with E-state index in [4.69, 9.17) is 0 Å². The summed E-state index contributed by atoms with van der Waals surface area (Å²) in [4.78, 5) is 21.0. The molecule has 3 aliphatic heterocycles. The SMILES string of the molecule is CCc1cc2c(N3CC4(CN(CC5=NCC=C5)C4)C3)ncnc2s1. The number of aliphatic imine (C=N–C) groups is 1. The highest BCUT2D eigenvalue weighted by atomic mass is 32.1. The summed E-state index contributed by atoms with van der Waals surface area (Å²) in [6.07, 6.45) is 7.09. The Morgan fingerprint density at radius 1 is 1.21 bits per heavy atom. The van der Waals surface area contributed by atoms with Gasteiger partial charge in [-0.05, 0) is 18.6 Å². The van der Waals surface area contributed by atoms with Crippen LogP contribution in [0.25, 0.3) is 10.2 Å². The van der Waals surface area contributed by atoms with Crippen LogP contribution in [0.4, 0.5) is 5.82 Å². The molecule has 0 aliphatic carbocycles. The topological polar surface area (TPSA) is 44.6 Å². The van der Waals surface area contributed by atoms with Crippen LogP contribution >= 0.6 is 11.3 Å². The Kier molecular flexibility index (Phi) is 3.25. The zero-order chi connectivity index (χ0) is 16.1. The van der Waals surface area contributed by atoms with Gasteiger partial charge < -0.3 is 4.90 Å². The number of anilines is 1. The summed E-state index contributed by atoms with van der Waals surface area (Å²) in [7, 11) is 0. The summed E-state index contributed by atoms with van der Waals surface area (Å²) < 4.78 is 0. The van der Waals surface area contributed by atoms with Crippen LogP contribution in [0.5, 0.6) is 0 Å². The van der Waals surface area contributed by atoms with Gasteiger partial charge in [-0.2, -0.15) is 0 Å². The van der Waals surface area contributed by atoms with Gasteiger partial charge >= 0.3 is 0 Å². The normalized spacial score (nSPS) is 22.0. The smallest absolute Gasteiger partial charge is 0.140 e. The monoisotopic (exact) mass is 339 g/mol. The minimum atomic E-state index is 0.476. The number of hydrogen-bond acceptors (Lipinski definition) is 6. The summed E-state index contributed by atoms with van der Waals surface area (Å²) in [6, 6.07) is 2.28. The second-order valence-corrected chi connectivity index (χ2v) is 8.33. The molecule has 6 heteroatoms. The molecule has 2 aromatic rings. The predicted octanol–water partition coefficient (Wildman–Crippen LogP) is 2.39. The number of fused-ring (bicyclic) bond motifs is 1. The highest BCUT2D eigenvalue weighted by Crippen LogP contribution is 2.43. The summed E-state index contributed by atoms with van der Waals surface area (Å²) in [6.45, 7) is 8.70. The van der Waals surface area contributed by atoms with Gasteiger partial charge in [0.2, 0.25) is 0 Å². The van der Waals surface area contributed by atoms with Crippen molar-refractivity contribution in [3.63, 3.8) is 0 Å².